The highest BCUT2D eigenvalue weighted by Gasteiger charge is 2.49. The highest BCUT2D eigenvalue weighted by Crippen LogP contribution is 2.44. The molecule has 1 atom stereocenters. The number of pyridine rings is 1. The van der Waals surface area contributed by atoms with E-state index in [1.807, 2.05) is 18.2 Å². The molecule has 4 rings (SSSR count). The Morgan fingerprint density at radius 3 is 2.76 bits per heavy atom. The molecule has 1 aliphatic carbocycles. The van der Waals surface area contributed by atoms with Gasteiger partial charge in [0.1, 0.15) is 5.41 Å². The lowest BCUT2D eigenvalue weighted by Crippen LogP contribution is -2.52. The summed E-state index contributed by atoms with van der Waals surface area (Å²) in [5.41, 5.74) is 1.96. The summed E-state index contributed by atoms with van der Waals surface area (Å²) < 4.78 is 1.74. The molecule has 1 aliphatic heterocycles. The maximum atomic E-state index is 12.1. The maximum absolute atomic E-state index is 12.1. The lowest BCUT2D eigenvalue weighted by atomic mass is 9.68. The van der Waals surface area contributed by atoms with Crippen molar-refractivity contribution in [2.45, 2.75) is 12.8 Å². The molecule has 0 saturated carbocycles. The van der Waals surface area contributed by atoms with Crippen molar-refractivity contribution in [3.05, 3.63) is 47.6 Å². The van der Waals surface area contributed by atoms with Gasteiger partial charge in [-0.25, -0.2) is 9.48 Å². The molecule has 2 aromatic rings. The van der Waals surface area contributed by atoms with Gasteiger partial charge in [-0.1, -0.05) is 0 Å². The molecule has 8 heteroatoms. The number of rotatable bonds is 2. The number of amides is 1. The fourth-order valence-corrected chi connectivity index (χ4v) is 3.68. The third kappa shape index (κ3) is 2.29. The van der Waals surface area contributed by atoms with Crippen LogP contribution in [0.1, 0.15) is 17.7 Å². The third-order valence-corrected chi connectivity index (χ3v) is 4.99. The van der Waals surface area contributed by atoms with E-state index in [0.717, 1.165) is 22.5 Å². The van der Waals surface area contributed by atoms with Crippen LogP contribution in [0.2, 0.25) is 0 Å². The first-order valence-corrected chi connectivity index (χ1v) is 7.91. The molecular weight excluding hydrogens is 324 g/mol. The first-order valence-electron chi connectivity index (χ1n) is 7.91. The van der Waals surface area contributed by atoms with E-state index in [0.29, 0.717) is 13.0 Å². The summed E-state index contributed by atoms with van der Waals surface area (Å²) in [4.78, 5) is 28.7. The van der Waals surface area contributed by atoms with Gasteiger partial charge in [0, 0.05) is 19.3 Å². The quantitative estimate of drug-likeness (QED) is 0.861. The van der Waals surface area contributed by atoms with Gasteiger partial charge in [0.25, 0.3) is 0 Å². The van der Waals surface area contributed by atoms with E-state index in [1.165, 1.54) is 4.90 Å². The first kappa shape index (κ1) is 15.4. The number of aromatic nitrogens is 3. The van der Waals surface area contributed by atoms with Gasteiger partial charge in [-0.15, -0.1) is 0 Å². The third-order valence-electron chi connectivity index (χ3n) is 4.99. The van der Waals surface area contributed by atoms with Gasteiger partial charge in [0.15, 0.2) is 0 Å². The molecule has 2 aliphatic rings. The Morgan fingerprint density at radius 1 is 1.24 bits per heavy atom. The Hall–Kier alpha value is -3.16. The smallest absolute Gasteiger partial charge is 0.407 e. The molecule has 1 unspecified atom stereocenters. The summed E-state index contributed by atoms with van der Waals surface area (Å²) in [7, 11) is 0. The number of carbonyl (C=O) groups is 2. The van der Waals surface area contributed by atoms with Gasteiger partial charge in [-0.05, 0) is 42.2 Å². The van der Waals surface area contributed by atoms with Crippen molar-refractivity contribution in [1.29, 1.82) is 0 Å². The molecule has 3 heterocycles. The van der Waals surface area contributed by atoms with Crippen molar-refractivity contribution in [3.8, 4) is 5.69 Å². The van der Waals surface area contributed by atoms with Gasteiger partial charge in [-0.2, -0.15) is 5.10 Å². The summed E-state index contributed by atoms with van der Waals surface area (Å²) in [6, 6.07) is 3.69. The van der Waals surface area contributed by atoms with Crippen LogP contribution in [0, 0.1) is 5.41 Å². The van der Waals surface area contributed by atoms with Gasteiger partial charge in [0.2, 0.25) is 0 Å². The first-order chi connectivity index (χ1) is 12.0. The summed E-state index contributed by atoms with van der Waals surface area (Å²) in [6.07, 6.45) is 6.42. The maximum Gasteiger partial charge on any atom is 0.407 e. The fraction of sp³-hybridized carbons (Fsp3) is 0.294. The highest BCUT2D eigenvalue weighted by atomic mass is 16.4. The van der Waals surface area contributed by atoms with Gasteiger partial charge >= 0.3 is 12.1 Å². The predicted molar refractivity (Wildman–Crippen MR) is 87.3 cm³/mol. The summed E-state index contributed by atoms with van der Waals surface area (Å²) in [5.74, 6) is -0.996. The van der Waals surface area contributed by atoms with Gasteiger partial charge in [0.05, 0.1) is 23.8 Å². The number of aliphatic carboxylic acids is 1. The Bertz CT molecular complexity index is 889. The van der Waals surface area contributed by atoms with Crippen molar-refractivity contribution in [2.24, 2.45) is 5.41 Å². The largest absolute Gasteiger partial charge is 0.481 e. The van der Waals surface area contributed by atoms with Crippen molar-refractivity contribution >= 4 is 18.1 Å². The average Bonchev–Trinajstić information content (AvgIpc) is 3.02. The van der Waals surface area contributed by atoms with Crippen LogP contribution in [-0.2, 0) is 11.2 Å². The molecule has 0 bridgehead atoms. The molecule has 2 N–H and O–H groups in total. The van der Waals surface area contributed by atoms with E-state index in [-0.39, 0.29) is 13.0 Å². The number of fused-ring (bicyclic) bond motifs is 2. The molecule has 1 fully saturated rings. The number of carboxylic acid groups (broad SMARTS) is 2. The Kier molecular flexibility index (Phi) is 3.34. The number of hydrogen-bond donors (Lipinski definition) is 2. The predicted octanol–water partition coefficient (Wildman–Crippen LogP) is 1.66. The standard InChI is InChI=1S/C17H16N4O4/c22-15(23)17-7-11-8-19-21(13-2-1-4-18-9-13)14(11)6-12(17)3-5-20(10-17)16(24)25/h1-2,4,6,8-9H,3,5,7,10H2,(H,22,23)(H,24,25). The second-order valence-corrected chi connectivity index (χ2v) is 6.37. The minimum absolute atomic E-state index is 0.0407. The minimum Gasteiger partial charge on any atom is -0.481 e. The molecule has 1 saturated heterocycles. The van der Waals surface area contributed by atoms with E-state index in [1.54, 1.807) is 23.3 Å². The van der Waals surface area contributed by atoms with E-state index in [2.05, 4.69) is 10.1 Å². The van der Waals surface area contributed by atoms with Crippen LogP contribution in [0.4, 0.5) is 4.79 Å². The van der Waals surface area contributed by atoms with Crippen LogP contribution >= 0.6 is 0 Å². The van der Waals surface area contributed by atoms with Crippen LogP contribution in [-0.4, -0.2) is 55.0 Å². The molecule has 1 amide bonds. The lowest BCUT2D eigenvalue weighted by molar-refractivity contribution is -0.148. The van der Waals surface area contributed by atoms with E-state index >= 15 is 0 Å². The number of carboxylic acids is 1. The van der Waals surface area contributed by atoms with E-state index in [4.69, 9.17) is 0 Å². The van der Waals surface area contributed by atoms with Gasteiger partial charge < -0.3 is 15.1 Å². The number of piperidine rings is 1. The number of nitrogens with zero attached hydrogens (tertiary/aromatic N) is 4. The molecule has 25 heavy (non-hydrogen) atoms. The molecule has 0 radical (unpaired) electrons. The molecule has 0 spiro atoms. The van der Waals surface area contributed by atoms with Crippen LogP contribution in [0.25, 0.3) is 11.8 Å². The highest BCUT2D eigenvalue weighted by molar-refractivity contribution is 5.85. The second-order valence-electron chi connectivity index (χ2n) is 6.37. The zero-order valence-corrected chi connectivity index (χ0v) is 13.3. The zero-order chi connectivity index (χ0) is 17.6. The molecule has 8 nitrogen and oxygen atoms in total. The van der Waals surface area contributed by atoms with Crippen LogP contribution in [0.5, 0.6) is 0 Å². The van der Waals surface area contributed by atoms with E-state index in [9.17, 15) is 19.8 Å². The lowest BCUT2D eigenvalue weighted by Gasteiger charge is -2.42. The van der Waals surface area contributed by atoms with Crippen LogP contribution < -0.4 is 0 Å². The Morgan fingerprint density at radius 2 is 2.08 bits per heavy atom. The van der Waals surface area contributed by atoms with E-state index < -0.39 is 17.5 Å². The van der Waals surface area contributed by atoms with Crippen molar-refractivity contribution in [2.75, 3.05) is 13.1 Å². The van der Waals surface area contributed by atoms with Gasteiger partial charge in [-0.3, -0.25) is 9.78 Å². The average molecular weight is 340 g/mol. The number of likely N-dealkylation sites (tertiary alicyclic amines) is 1. The van der Waals surface area contributed by atoms with Crippen LogP contribution in [0.15, 0.2) is 36.3 Å². The molecular formula is C17H16N4O4. The van der Waals surface area contributed by atoms with Crippen molar-refractivity contribution < 1.29 is 19.8 Å². The normalized spacial score (nSPS) is 21.9. The summed E-state index contributed by atoms with van der Waals surface area (Å²) in [6.45, 7) is 0.258. The molecule has 2 aromatic heterocycles. The zero-order valence-electron chi connectivity index (χ0n) is 13.3. The monoisotopic (exact) mass is 340 g/mol. The fourth-order valence-electron chi connectivity index (χ4n) is 3.68. The number of hydrogen-bond acceptors (Lipinski definition) is 4. The van der Waals surface area contributed by atoms with Crippen molar-refractivity contribution in [3.63, 3.8) is 0 Å². The molecule has 128 valence electrons. The minimum atomic E-state index is -1.22. The summed E-state index contributed by atoms with van der Waals surface area (Å²) in [5, 5.41) is 23.5. The van der Waals surface area contributed by atoms with Crippen LogP contribution in [0.3, 0.4) is 0 Å². The molecule has 0 aromatic carbocycles. The van der Waals surface area contributed by atoms with Crippen molar-refractivity contribution in [1.82, 2.24) is 19.7 Å². The topological polar surface area (TPSA) is 109 Å². The SMILES string of the molecule is O=C(O)N1CCC2=Cc3c(cnn3-c3cccnc3)CC2(C(=O)O)C1. The Balaban J connectivity index is 1.80. The summed E-state index contributed by atoms with van der Waals surface area (Å²) >= 11 is 0. The Labute approximate surface area is 143 Å². The second kappa shape index (κ2) is 5.44.